The quantitative estimate of drug-likeness (QED) is 0.697. The van der Waals surface area contributed by atoms with Crippen LogP contribution in [0.4, 0.5) is 0 Å². The fourth-order valence-corrected chi connectivity index (χ4v) is 2.81. The molecule has 0 radical (unpaired) electrons. The van der Waals surface area contributed by atoms with E-state index in [0.29, 0.717) is 13.0 Å². The van der Waals surface area contributed by atoms with Crippen LogP contribution in [0.3, 0.4) is 0 Å². The Morgan fingerprint density at radius 2 is 2.17 bits per heavy atom. The summed E-state index contributed by atoms with van der Waals surface area (Å²) in [5, 5.41) is 4.58. The average Bonchev–Trinajstić information content (AvgIpc) is 2.34. The Labute approximate surface area is 73.1 Å². The first-order chi connectivity index (χ1) is 5.55. The summed E-state index contributed by atoms with van der Waals surface area (Å²) in [6.07, 6.45) is 2.18. The molecule has 12 heavy (non-hydrogen) atoms. The minimum atomic E-state index is -3.40. The van der Waals surface area contributed by atoms with E-state index in [1.54, 1.807) is 0 Å². The lowest BCUT2D eigenvalue weighted by Gasteiger charge is -2.16. The van der Waals surface area contributed by atoms with Crippen molar-refractivity contribution in [1.29, 1.82) is 0 Å². The van der Waals surface area contributed by atoms with Crippen LogP contribution < -0.4 is 5.14 Å². The number of sulfonamides is 1. The van der Waals surface area contributed by atoms with E-state index >= 15 is 0 Å². The second kappa shape index (κ2) is 3.72. The summed E-state index contributed by atoms with van der Waals surface area (Å²) in [7, 11) is -3.40. The number of primary sulfonamides is 1. The highest BCUT2D eigenvalue weighted by molar-refractivity contribution is 7.89. The molecule has 2 N–H and O–H groups in total. The molecule has 1 aliphatic rings. The Kier molecular flexibility index (Phi) is 3.09. The Morgan fingerprint density at radius 1 is 1.50 bits per heavy atom. The van der Waals surface area contributed by atoms with Crippen LogP contribution in [-0.2, 0) is 14.8 Å². The zero-order valence-electron chi connectivity index (χ0n) is 7.19. The third-order valence-electron chi connectivity index (χ3n) is 2.19. The van der Waals surface area contributed by atoms with Crippen LogP contribution in [0.15, 0.2) is 0 Å². The molecule has 72 valence electrons. The van der Waals surface area contributed by atoms with Gasteiger partial charge in [-0.1, -0.05) is 0 Å². The Hall–Kier alpha value is -0.130. The van der Waals surface area contributed by atoms with Gasteiger partial charge < -0.3 is 4.74 Å². The van der Waals surface area contributed by atoms with Crippen LogP contribution in [0, 0.1) is 0 Å². The summed E-state index contributed by atoms with van der Waals surface area (Å²) < 4.78 is 27.3. The second-order valence-corrected chi connectivity index (χ2v) is 4.84. The van der Waals surface area contributed by atoms with Gasteiger partial charge in [-0.05, 0) is 26.2 Å². The first-order valence-electron chi connectivity index (χ1n) is 4.19. The first kappa shape index (κ1) is 9.95. The third-order valence-corrected chi connectivity index (χ3v) is 3.58. The van der Waals surface area contributed by atoms with E-state index in [9.17, 15) is 8.42 Å². The molecule has 0 aromatic rings. The maximum atomic E-state index is 11.0. The van der Waals surface area contributed by atoms with Crippen molar-refractivity contribution in [2.24, 2.45) is 5.14 Å². The molecule has 1 fully saturated rings. The minimum absolute atomic E-state index is 0.176. The third kappa shape index (κ3) is 2.18. The van der Waals surface area contributed by atoms with E-state index in [-0.39, 0.29) is 6.10 Å². The Morgan fingerprint density at radius 3 is 2.67 bits per heavy atom. The van der Waals surface area contributed by atoms with Crippen molar-refractivity contribution in [3.8, 4) is 0 Å². The summed E-state index contributed by atoms with van der Waals surface area (Å²) in [6.45, 7) is 2.41. The van der Waals surface area contributed by atoms with Crippen molar-refractivity contribution in [1.82, 2.24) is 0 Å². The van der Waals surface area contributed by atoms with Crippen LogP contribution in [-0.4, -0.2) is 26.4 Å². The normalized spacial score (nSPS) is 30.8. The van der Waals surface area contributed by atoms with Crippen LogP contribution in [0.25, 0.3) is 0 Å². The van der Waals surface area contributed by atoms with Crippen LogP contribution in [0.5, 0.6) is 0 Å². The highest BCUT2D eigenvalue weighted by atomic mass is 32.2. The van der Waals surface area contributed by atoms with Crippen molar-refractivity contribution in [3.63, 3.8) is 0 Å². The predicted octanol–water partition coefficient (Wildman–Crippen LogP) is 0.233. The van der Waals surface area contributed by atoms with Gasteiger partial charge >= 0.3 is 0 Å². The fraction of sp³-hybridized carbons (Fsp3) is 1.00. The van der Waals surface area contributed by atoms with Gasteiger partial charge in [0.05, 0.1) is 6.10 Å². The van der Waals surface area contributed by atoms with E-state index in [4.69, 9.17) is 9.88 Å². The molecule has 0 aromatic carbocycles. The molecule has 0 bridgehead atoms. The Bertz CT molecular complexity index is 237. The van der Waals surface area contributed by atoms with Gasteiger partial charge in [-0.3, -0.25) is 0 Å². The lowest BCUT2D eigenvalue weighted by molar-refractivity contribution is 0.0703. The van der Waals surface area contributed by atoms with Gasteiger partial charge in [-0.2, -0.15) is 0 Å². The van der Waals surface area contributed by atoms with Crippen LogP contribution in [0.2, 0.25) is 0 Å². The van der Waals surface area contributed by atoms with E-state index in [1.807, 2.05) is 6.92 Å². The summed E-state index contributed by atoms with van der Waals surface area (Å²) in [6, 6.07) is 0. The number of rotatable bonds is 3. The van der Waals surface area contributed by atoms with Gasteiger partial charge in [0.2, 0.25) is 10.0 Å². The number of nitrogens with two attached hydrogens (primary N) is 1. The fourth-order valence-electron chi connectivity index (χ4n) is 1.67. The molecular formula is C7H15NO3S. The predicted molar refractivity (Wildman–Crippen MR) is 46.2 cm³/mol. The lowest BCUT2D eigenvalue weighted by atomic mass is 10.3. The van der Waals surface area contributed by atoms with E-state index in [2.05, 4.69) is 0 Å². The van der Waals surface area contributed by atoms with Gasteiger partial charge in [-0.15, -0.1) is 0 Å². The maximum absolute atomic E-state index is 11.0. The largest absolute Gasteiger partial charge is 0.377 e. The van der Waals surface area contributed by atoms with Crippen LogP contribution in [0.1, 0.15) is 26.2 Å². The molecule has 4 nitrogen and oxygen atoms in total. The standard InChI is InChI=1S/C7H15NO3S/c1-2-11-6-4-3-5-7(6)12(8,9)10/h6-7H,2-5H2,1H3,(H2,8,9,10)/t6-,7+/m1/s1. The first-order valence-corrected chi connectivity index (χ1v) is 5.80. The molecular weight excluding hydrogens is 178 g/mol. The lowest BCUT2D eigenvalue weighted by Crippen LogP contribution is -2.36. The summed E-state index contributed by atoms with van der Waals surface area (Å²) in [5.41, 5.74) is 0. The molecule has 0 amide bonds. The average molecular weight is 193 g/mol. The van der Waals surface area contributed by atoms with Gasteiger partial charge in [0.25, 0.3) is 0 Å². The molecule has 0 heterocycles. The van der Waals surface area contributed by atoms with Crippen molar-refractivity contribution in [2.75, 3.05) is 6.61 Å². The van der Waals surface area contributed by atoms with Gasteiger partial charge in [0.15, 0.2) is 0 Å². The smallest absolute Gasteiger partial charge is 0.214 e. The molecule has 0 aliphatic heterocycles. The molecule has 0 saturated heterocycles. The van der Waals surface area contributed by atoms with E-state index < -0.39 is 15.3 Å². The van der Waals surface area contributed by atoms with Crippen molar-refractivity contribution in [3.05, 3.63) is 0 Å². The summed E-state index contributed by atoms with van der Waals surface area (Å²) >= 11 is 0. The minimum Gasteiger partial charge on any atom is -0.377 e. The Balaban J connectivity index is 2.64. The number of hydrogen-bond acceptors (Lipinski definition) is 3. The highest BCUT2D eigenvalue weighted by Crippen LogP contribution is 2.26. The maximum Gasteiger partial charge on any atom is 0.214 e. The molecule has 1 rings (SSSR count). The second-order valence-electron chi connectivity index (χ2n) is 3.05. The topological polar surface area (TPSA) is 69.4 Å². The molecule has 0 spiro atoms. The van der Waals surface area contributed by atoms with E-state index in [0.717, 1.165) is 12.8 Å². The summed E-state index contributed by atoms with van der Waals surface area (Å²) in [4.78, 5) is 0. The van der Waals surface area contributed by atoms with Gasteiger partial charge in [0, 0.05) is 6.61 Å². The molecule has 0 aromatic heterocycles. The molecule has 5 heteroatoms. The highest BCUT2D eigenvalue weighted by Gasteiger charge is 2.35. The zero-order chi connectivity index (χ0) is 9.19. The monoisotopic (exact) mass is 193 g/mol. The number of ether oxygens (including phenoxy) is 1. The molecule has 1 saturated carbocycles. The van der Waals surface area contributed by atoms with Crippen LogP contribution >= 0.6 is 0 Å². The van der Waals surface area contributed by atoms with Crippen molar-refractivity contribution >= 4 is 10.0 Å². The zero-order valence-corrected chi connectivity index (χ0v) is 8.01. The number of hydrogen-bond donors (Lipinski definition) is 1. The van der Waals surface area contributed by atoms with Gasteiger partial charge in [-0.25, -0.2) is 13.6 Å². The molecule has 2 atom stereocenters. The van der Waals surface area contributed by atoms with Crippen molar-refractivity contribution < 1.29 is 13.2 Å². The van der Waals surface area contributed by atoms with Gasteiger partial charge in [0.1, 0.15) is 5.25 Å². The van der Waals surface area contributed by atoms with E-state index in [1.165, 1.54) is 0 Å². The molecule has 1 aliphatic carbocycles. The molecule has 0 unspecified atom stereocenters. The SMILES string of the molecule is CCO[C@@H]1CCC[C@@H]1S(N)(=O)=O. The van der Waals surface area contributed by atoms with Crippen molar-refractivity contribution in [2.45, 2.75) is 37.5 Å². The summed E-state index contributed by atoms with van der Waals surface area (Å²) in [5.74, 6) is 0.